The predicted molar refractivity (Wildman–Crippen MR) is 83.2 cm³/mol. The Morgan fingerprint density at radius 3 is 2.25 bits per heavy atom. The minimum absolute atomic E-state index is 0.0984. The zero-order valence-electron chi connectivity index (χ0n) is 10.1. The molecular weight excluding hydrogens is 341 g/mol. The molecule has 0 bridgehead atoms. The second-order valence-corrected chi connectivity index (χ2v) is 7.42. The minimum atomic E-state index is -3.55. The van der Waals surface area contributed by atoms with E-state index in [-0.39, 0.29) is 15.7 Å². The lowest BCUT2D eigenvalue weighted by atomic mass is 10.2. The van der Waals surface area contributed by atoms with Gasteiger partial charge in [-0.15, -0.1) is 0 Å². The van der Waals surface area contributed by atoms with Gasteiger partial charge in [0.05, 0.1) is 20.7 Å². The molecule has 20 heavy (non-hydrogen) atoms. The van der Waals surface area contributed by atoms with Crippen molar-refractivity contribution in [2.24, 2.45) is 0 Å². The zero-order valence-corrected chi connectivity index (χ0v) is 13.2. The summed E-state index contributed by atoms with van der Waals surface area (Å²) in [6.45, 7) is 0. The Labute approximate surface area is 132 Å². The van der Waals surface area contributed by atoms with Gasteiger partial charge in [0.15, 0.2) is 9.84 Å². The molecule has 0 saturated carbocycles. The summed E-state index contributed by atoms with van der Waals surface area (Å²) in [6.07, 6.45) is 0. The summed E-state index contributed by atoms with van der Waals surface area (Å²) < 4.78 is 24.6. The van der Waals surface area contributed by atoms with Gasteiger partial charge in [-0.1, -0.05) is 40.9 Å². The Morgan fingerprint density at radius 1 is 0.950 bits per heavy atom. The molecule has 0 aliphatic rings. The molecule has 0 radical (unpaired) electrons. The van der Waals surface area contributed by atoms with Crippen LogP contribution < -0.4 is 5.73 Å². The average Bonchev–Trinajstić information content (AvgIpc) is 2.36. The largest absolute Gasteiger partial charge is 0.398 e. The third-order valence-corrected chi connectivity index (χ3v) is 5.34. The van der Waals surface area contributed by atoms with Crippen LogP contribution in [0.25, 0.3) is 0 Å². The number of sulfone groups is 1. The van der Waals surface area contributed by atoms with Crippen LogP contribution in [-0.4, -0.2) is 8.42 Å². The molecule has 2 aromatic rings. The molecule has 2 aromatic carbocycles. The maximum atomic E-state index is 12.3. The van der Waals surface area contributed by atoms with Crippen LogP contribution in [0.15, 0.2) is 41.3 Å². The van der Waals surface area contributed by atoms with Gasteiger partial charge in [-0.05, 0) is 35.9 Å². The van der Waals surface area contributed by atoms with Gasteiger partial charge in [0.2, 0.25) is 0 Å². The predicted octanol–water partition coefficient (Wildman–Crippen LogP) is 4.20. The zero-order chi connectivity index (χ0) is 14.9. The van der Waals surface area contributed by atoms with E-state index in [4.69, 9.17) is 40.5 Å². The van der Waals surface area contributed by atoms with Gasteiger partial charge in [0.25, 0.3) is 0 Å². The number of hydrogen-bond donors (Lipinski definition) is 1. The lowest BCUT2D eigenvalue weighted by molar-refractivity contribution is 0.595. The summed E-state index contributed by atoms with van der Waals surface area (Å²) in [6, 6.07) is 8.88. The summed E-state index contributed by atoms with van der Waals surface area (Å²) >= 11 is 17.4. The summed E-state index contributed by atoms with van der Waals surface area (Å²) in [4.78, 5) is 0.0984. The molecule has 0 aliphatic heterocycles. The molecule has 3 nitrogen and oxygen atoms in total. The first-order chi connectivity index (χ1) is 9.29. The van der Waals surface area contributed by atoms with Gasteiger partial charge < -0.3 is 5.73 Å². The molecule has 0 unspecified atom stereocenters. The highest BCUT2D eigenvalue weighted by atomic mass is 35.5. The van der Waals surface area contributed by atoms with Crippen LogP contribution >= 0.6 is 34.8 Å². The molecule has 0 aliphatic carbocycles. The van der Waals surface area contributed by atoms with Crippen LogP contribution in [0, 0.1) is 0 Å². The second kappa shape index (κ2) is 5.82. The van der Waals surface area contributed by atoms with Crippen LogP contribution in [0.4, 0.5) is 5.69 Å². The van der Waals surface area contributed by atoms with E-state index in [1.165, 1.54) is 24.3 Å². The highest BCUT2D eigenvalue weighted by Gasteiger charge is 2.18. The molecule has 0 aromatic heterocycles. The van der Waals surface area contributed by atoms with Crippen molar-refractivity contribution in [3.05, 3.63) is 57.0 Å². The number of nitrogen functional groups attached to an aromatic ring is 1. The van der Waals surface area contributed by atoms with Gasteiger partial charge in [0.1, 0.15) is 0 Å². The summed E-state index contributed by atoms with van der Waals surface area (Å²) in [5.41, 5.74) is 6.59. The van der Waals surface area contributed by atoms with Crippen molar-refractivity contribution < 1.29 is 8.42 Å². The number of anilines is 1. The molecule has 0 saturated heterocycles. The van der Waals surface area contributed by atoms with Crippen LogP contribution in [0.2, 0.25) is 15.1 Å². The van der Waals surface area contributed by atoms with Crippen molar-refractivity contribution in [3.63, 3.8) is 0 Å². The molecule has 106 valence electrons. The molecule has 7 heteroatoms. The normalized spacial score (nSPS) is 11.6. The molecule has 0 fully saturated rings. The van der Waals surface area contributed by atoms with Crippen LogP contribution in [-0.2, 0) is 15.6 Å². The maximum Gasteiger partial charge on any atom is 0.182 e. The first kappa shape index (κ1) is 15.4. The number of nitrogens with two attached hydrogens (primary N) is 1. The van der Waals surface area contributed by atoms with Gasteiger partial charge in [-0.25, -0.2) is 8.42 Å². The Balaban J connectivity index is 2.38. The van der Waals surface area contributed by atoms with E-state index in [0.717, 1.165) is 0 Å². The maximum absolute atomic E-state index is 12.3. The summed E-state index contributed by atoms with van der Waals surface area (Å²) in [7, 11) is -3.55. The summed E-state index contributed by atoms with van der Waals surface area (Å²) in [5, 5.41) is 0.951. The lowest BCUT2D eigenvalue weighted by Gasteiger charge is -2.08. The molecule has 0 spiro atoms. The van der Waals surface area contributed by atoms with E-state index in [0.29, 0.717) is 21.3 Å². The second-order valence-electron chi connectivity index (χ2n) is 4.18. The highest BCUT2D eigenvalue weighted by molar-refractivity contribution is 7.90. The van der Waals surface area contributed by atoms with Crippen molar-refractivity contribution in [1.29, 1.82) is 0 Å². The van der Waals surface area contributed by atoms with E-state index >= 15 is 0 Å². The third-order valence-electron chi connectivity index (χ3n) is 2.70. The fraction of sp³-hybridized carbons (Fsp3) is 0.0769. The third kappa shape index (κ3) is 3.38. The Morgan fingerprint density at radius 2 is 1.65 bits per heavy atom. The fourth-order valence-electron chi connectivity index (χ4n) is 1.66. The standard InChI is InChI=1S/C13H10Cl3NO2S/c14-9-2-1-8(13(17)5-9)7-20(18,19)10-3-4-11(15)12(16)6-10/h1-6H,7,17H2. The average molecular weight is 351 g/mol. The minimum Gasteiger partial charge on any atom is -0.398 e. The molecule has 0 heterocycles. The van der Waals surface area contributed by atoms with Gasteiger partial charge in [-0.2, -0.15) is 0 Å². The van der Waals surface area contributed by atoms with E-state index in [9.17, 15) is 8.42 Å². The SMILES string of the molecule is Nc1cc(Cl)ccc1CS(=O)(=O)c1ccc(Cl)c(Cl)c1. The smallest absolute Gasteiger partial charge is 0.182 e. The number of rotatable bonds is 3. The Hall–Kier alpha value is -0.940. The van der Waals surface area contributed by atoms with Crippen molar-refractivity contribution in [3.8, 4) is 0 Å². The lowest BCUT2D eigenvalue weighted by Crippen LogP contribution is -2.07. The Kier molecular flexibility index (Phi) is 4.49. The molecule has 2 rings (SSSR count). The van der Waals surface area contributed by atoms with E-state index < -0.39 is 9.84 Å². The van der Waals surface area contributed by atoms with Crippen molar-refractivity contribution in [1.82, 2.24) is 0 Å². The molecule has 0 amide bonds. The first-order valence-corrected chi connectivity index (χ1v) is 8.30. The summed E-state index contributed by atoms with van der Waals surface area (Å²) in [5.74, 6) is -0.228. The first-order valence-electron chi connectivity index (χ1n) is 5.51. The quantitative estimate of drug-likeness (QED) is 0.844. The molecule has 0 atom stereocenters. The fourth-order valence-corrected chi connectivity index (χ4v) is 3.61. The molecular formula is C13H10Cl3NO2S. The Bertz CT molecular complexity index is 760. The topological polar surface area (TPSA) is 60.2 Å². The van der Waals surface area contributed by atoms with Gasteiger partial charge >= 0.3 is 0 Å². The number of benzene rings is 2. The number of hydrogen-bond acceptors (Lipinski definition) is 3. The van der Waals surface area contributed by atoms with Crippen molar-refractivity contribution in [2.45, 2.75) is 10.6 Å². The van der Waals surface area contributed by atoms with E-state index in [1.54, 1.807) is 12.1 Å². The number of halogens is 3. The van der Waals surface area contributed by atoms with E-state index in [2.05, 4.69) is 0 Å². The molecule has 2 N–H and O–H groups in total. The van der Waals surface area contributed by atoms with Gasteiger partial charge in [0, 0.05) is 10.7 Å². The monoisotopic (exact) mass is 349 g/mol. The highest BCUT2D eigenvalue weighted by Crippen LogP contribution is 2.28. The van der Waals surface area contributed by atoms with Crippen molar-refractivity contribution >= 4 is 50.3 Å². The van der Waals surface area contributed by atoms with Crippen molar-refractivity contribution in [2.75, 3.05) is 5.73 Å². The van der Waals surface area contributed by atoms with Crippen LogP contribution in [0.1, 0.15) is 5.56 Å². The van der Waals surface area contributed by atoms with Gasteiger partial charge in [-0.3, -0.25) is 0 Å². The van der Waals surface area contributed by atoms with Crippen LogP contribution in [0.5, 0.6) is 0 Å². The van der Waals surface area contributed by atoms with E-state index in [1.807, 2.05) is 0 Å². The van der Waals surface area contributed by atoms with Crippen LogP contribution in [0.3, 0.4) is 0 Å².